The molecule has 2 rings (SSSR count). The number of rotatable bonds is 3. The first-order valence-electron chi connectivity index (χ1n) is 6.06. The Morgan fingerprint density at radius 2 is 1.68 bits per heavy atom. The highest BCUT2D eigenvalue weighted by atomic mass is 19.3. The fourth-order valence-corrected chi connectivity index (χ4v) is 2.11. The summed E-state index contributed by atoms with van der Waals surface area (Å²) in [5.41, 5.74) is 0.291. The molecule has 0 N–H and O–H groups in total. The number of hydrogen-bond acceptors (Lipinski definition) is 2. The van der Waals surface area contributed by atoms with Gasteiger partial charge in [0.2, 0.25) is 0 Å². The molecule has 0 atom stereocenters. The Hall–Kier alpha value is -1.14. The van der Waals surface area contributed by atoms with Gasteiger partial charge in [-0.3, -0.25) is 9.47 Å². The first-order valence-corrected chi connectivity index (χ1v) is 6.06. The molecule has 1 aromatic carbocycles. The first kappa shape index (κ1) is 14.3. The Labute approximate surface area is 108 Å². The van der Waals surface area contributed by atoms with Gasteiger partial charge in [-0.25, -0.2) is 8.78 Å². The number of alkyl halides is 2. The number of benzene rings is 1. The number of ether oxygens (including phenoxy) is 2. The van der Waals surface area contributed by atoms with Crippen molar-refractivity contribution in [3.8, 4) is 0 Å². The standard InChI is InChI=1S/C13H14F4O2/c1-2-3-8-4-10(14)12(11(15)5-8)9-6-18-13(16,17)19-7-9/h4-5,9H,2-3,6-7H2,1H3. The highest BCUT2D eigenvalue weighted by Gasteiger charge is 2.40. The van der Waals surface area contributed by atoms with Gasteiger partial charge in [-0.1, -0.05) is 13.3 Å². The zero-order valence-electron chi connectivity index (χ0n) is 10.4. The molecule has 6 heteroatoms. The lowest BCUT2D eigenvalue weighted by molar-refractivity contribution is -0.415. The molecule has 0 saturated carbocycles. The van der Waals surface area contributed by atoms with Crippen molar-refractivity contribution in [2.24, 2.45) is 0 Å². The van der Waals surface area contributed by atoms with Gasteiger partial charge < -0.3 is 0 Å². The van der Waals surface area contributed by atoms with Crippen LogP contribution in [0.25, 0.3) is 0 Å². The van der Waals surface area contributed by atoms with Crippen LogP contribution < -0.4 is 0 Å². The molecule has 0 radical (unpaired) electrons. The van der Waals surface area contributed by atoms with Crippen LogP contribution in [-0.2, 0) is 15.9 Å². The Morgan fingerprint density at radius 1 is 1.16 bits per heavy atom. The molecular formula is C13H14F4O2. The SMILES string of the molecule is CCCc1cc(F)c(C2COC(F)(F)OC2)c(F)c1. The molecule has 19 heavy (non-hydrogen) atoms. The number of halogens is 4. The molecular weight excluding hydrogens is 264 g/mol. The van der Waals surface area contributed by atoms with Crippen molar-refractivity contribution in [3.05, 3.63) is 34.9 Å². The van der Waals surface area contributed by atoms with E-state index < -0.39 is 37.1 Å². The zero-order chi connectivity index (χ0) is 14.0. The van der Waals surface area contributed by atoms with Crippen LogP contribution >= 0.6 is 0 Å². The molecule has 2 nitrogen and oxygen atoms in total. The van der Waals surface area contributed by atoms with E-state index in [2.05, 4.69) is 9.47 Å². The maximum atomic E-state index is 13.9. The molecule has 0 amide bonds. The molecule has 0 unspecified atom stereocenters. The Bertz CT molecular complexity index is 429. The van der Waals surface area contributed by atoms with E-state index in [1.165, 1.54) is 12.1 Å². The zero-order valence-corrected chi connectivity index (χ0v) is 10.4. The van der Waals surface area contributed by atoms with Gasteiger partial charge in [-0.15, -0.1) is 8.78 Å². The second kappa shape index (κ2) is 5.46. The highest BCUT2D eigenvalue weighted by Crippen LogP contribution is 2.32. The van der Waals surface area contributed by atoms with E-state index in [9.17, 15) is 17.6 Å². The highest BCUT2D eigenvalue weighted by molar-refractivity contribution is 5.29. The van der Waals surface area contributed by atoms with E-state index in [1.54, 1.807) is 0 Å². The topological polar surface area (TPSA) is 18.5 Å². The van der Waals surface area contributed by atoms with Crippen molar-refractivity contribution < 1.29 is 27.0 Å². The lowest BCUT2D eigenvalue weighted by Crippen LogP contribution is -2.36. The third kappa shape index (κ3) is 3.25. The molecule has 106 valence electrons. The van der Waals surface area contributed by atoms with Crippen LogP contribution in [0.2, 0.25) is 0 Å². The molecule has 1 saturated heterocycles. The van der Waals surface area contributed by atoms with Crippen LogP contribution in [0.3, 0.4) is 0 Å². The second-order valence-electron chi connectivity index (χ2n) is 4.51. The van der Waals surface area contributed by atoms with E-state index in [-0.39, 0.29) is 5.56 Å². The molecule has 1 aliphatic heterocycles. The summed E-state index contributed by atoms with van der Waals surface area (Å²) in [5, 5.41) is 0. The van der Waals surface area contributed by atoms with Crippen molar-refractivity contribution in [1.82, 2.24) is 0 Å². The first-order chi connectivity index (χ1) is 8.93. The molecule has 1 heterocycles. The average molecular weight is 278 g/mol. The average Bonchev–Trinajstić information content (AvgIpc) is 2.31. The lowest BCUT2D eigenvalue weighted by Gasteiger charge is -2.28. The summed E-state index contributed by atoms with van der Waals surface area (Å²) in [4.78, 5) is 0. The predicted octanol–water partition coefficient (Wildman–Crippen LogP) is 3.60. The quantitative estimate of drug-likeness (QED) is 0.786. The summed E-state index contributed by atoms with van der Waals surface area (Å²) in [7, 11) is 0. The van der Waals surface area contributed by atoms with E-state index in [0.717, 1.165) is 6.42 Å². The molecule has 1 fully saturated rings. The summed E-state index contributed by atoms with van der Waals surface area (Å²) < 4.78 is 61.3. The summed E-state index contributed by atoms with van der Waals surface area (Å²) in [6.07, 6.45) is -2.35. The smallest absolute Gasteiger partial charge is 0.295 e. The Balaban J connectivity index is 2.21. The van der Waals surface area contributed by atoms with Crippen molar-refractivity contribution >= 4 is 0 Å². The van der Waals surface area contributed by atoms with E-state index in [1.807, 2.05) is 6.92 Å². The van der Waals surface area contributed by atoms with Crippen LogP contribution in [0.1, 0.15) is 30.4 Å². The van der Waals surface area contributed by atoms with Crippen LogP contribution in [0.5, 0.6) is 0 Å². The third-order valence-electron chi connectivity index (χ3n) is 2.99. The van der Waals surface area contributed by atoms with Crippen LogP contribution in [0.4, 0.5) is 17.6 Å². The van der Waals surface area contributed by atoms with E-state index in [4.69, 9.17) is 0 Å². The van der Waals surface area contributed by atoms with Gasteiger partial charge in [-0.2, -0.15) is 0 Å². The van der Waals surface area contributed by atoms with Gasteiger partial charge >= 0.3 is 6.29 Å². The van der Waals surface area contributed by atoms with Gasteiger partial charge in [0.05, 0.1) is 13.2 Å². The van der Waals surface area contributed by atoms with Crippen molar-refractivity contribution in [2.75, 3.05) is 13.2 Å². The molecule has 0 bridgehead atoms. The summed E-state index contributed by atoms with van der Waals surface area (Å²) in [5.74, 6) is -2.35. The fraction of sp³-hybridized carbons (Fsp3) is 0.538. The Morgan fingerprint density at radius 3 is 2.16 bits per heavy atom. The summed E-state index contributed by atoms with van der Waals surface area (Å²) >= 11 is 0. The molecule has 0 spiro atoms. The summed E-state index contributed by atoms with van der Waals surface area (Å²) in [6.45, 7) is 0.941. The van der Waals surface area contributed by atoms with Crippen LogP contribution in [-0.4, -0.2) is 19.5 Å². The lowest BCUT2D eigenvalue weighted by atomic mass is 9.96. The predicted molar refractivity (Wildman–Crippen MR) is 59.9 cm³/mol. The summed E-state index contributed by atoms with van der Waals surface area (Å²) in [6, 6.07) is 2.46. The molecule has 1 aromatic rings. The monoisotopic (exact) mass is 278 g/mol. The number of aryl methyl sites for hydroxylation is 1. The molecule has 1 aliphatic rings. The number of hydrogen-bond donors (Lipinski definition) is 0. The van der Waals surface area contributed by atoms with Gasteiger partial charge in [-0.05, 0) is 24.1 Å². The minimum Gasteiger partial charge on any atom is -0.295 e. The third-order valence-corrected chi connectivity index (χ3v) is 2.99. The van der Waals surface area contributed by atoms with Crippen molar-refractivity contribution in [1.29, 1.82) is 0 Å². The maximum absolute atomic E-state index is 13.9. The van der Waals surface area contributed by atoms with Gasteiger partial charge in [0.25, 0.3) is 0 Å². The van der Waals surface area contributed by atoms with E-state index in [0.29, 0.717) is 12.0 Å². The van der Waals surface area contributed by atoms with Crippen LogP contribution in [0.15, 0.2) is 12.1 Å². The largest absolute Gasteiger partial charge is 0.485 e. The van der Waals surface area contributed by atoms with Crippen molar-refractivity contribution in [3.63, 3.8) is 0 Å². The Kier molecular flexibility index (Phi) is 4.10. The van der Waals surface area contributed by atoms with Crippen LogP contribution in [0, 0.1) is 11.6 Å². The van der Waals surface area contributed by atoms with Gasteiger partial charge in [0.15, 0.2) is 0 Å². The van der Waals surface area contributed by atoms with Crippen molar-refractivity contribution in [2.45, 2.75) is 32.0 Å². The molecule has 0 aromatic heterocycles. The van der Waals surface area contributed by atoms with Gasteiger partial charge in [0.1, 0.15) is 11.6 Å². The normalized spacial score (nSPS) is 19.6. The second-order valence-corrected chi connectivity index (χ2v) is 4.51. The maximum Gasteiger partial charge on any atom is 0.485 e. The molecule has 0 aliphatic carbocycles. The minimum absolute atomic E-state index is 0.254. The fourth-order valence-electron chi connectivity index (χ4n) is 2.11. The minimum atomic E-state index is -3.67. The van der Waals surface area contributed by atoms with E-state index >= 15 is 0 Å². The van der Waals surface area contributed by atoms with Gasteiger partial charge in [0, 0.05) is 11.5 Å².